The van der Waals surface area contributed by atoms with Crippen LogP contribution >= 0.6 is 0 Å². The Labute approximate surface area is 209 Å². The number of methoxy groups -OCH3 is 1. The summed E-state index contributed by atoms with van der Waals surface area (Å²) in [6, 6.07) is 21.2. The van der Waals surface area contributed by atoms with Crippen LogP contribution in [-0.4, -0.2) is 18.3 Å². The zero-order valence-corrected chi connectivity index (χ0v) is 21.6. The first kappa shape index (κ1) is 23.5. The van der Waals surface area contributed by atoms with Gasteiger partial charge in [-0.1, -0.05) is 66.7 Å². The lowest BCUT2D eigenvalue weighted by Crippen LogP contribution is -2.36. The minimum absolute atomic E-state index is 0.226. The molecule has 0 unspecified atom stereocenters. The zero-order chi connectivity index (χ0) is 24.6. The minimum atomic E-state index is -0.226. The van der Waals surface area contributed by atoms with Crippen molar-refractivity contribution in [1.82, 2.24) is 0 Å². The molecule has 0 atom stereocenters. The van der Waals surface area contributed by atoms with Gasteiger partial charge in [0.05, 0.1) is 7.11 Å². The van der Waals surface area contributed by atoms with Gasteiger partial charge in [-0.15, -0.1) is 0 Å². The molecule has 0 spiro atoms. The summed E-state index contributed by atoms with van der Waals surface area (Å²) in [5, 5.41) is 0. The van der Waals surface area contributed by atoms with Crippen molar-refractivity contribution in [2.75, 3.05) is 7.11 Å². The average molecular weight is 469 g/mol. The molecule has 0 bridgehead atoms. The quantitative estimate of drug-likeness (QED) is 0.386. The van der Waals surface area contributed by atoms with Gasteiger partial charge in [0.15, 0.2) is 0 Å². The van der Waals surface area contributed by atoms with Crippen LogP contribution in [0.4, 0.5) is 0 Å². The Morgan fingerprint density at radius 3 is 1.66 bits per heavy atom. The highest BCUT2D eigenvalue weighted by molar-refractivity contribution is 5.80. The van der Waals surface area contributed by atoms with Gasteiger partial charge in [-0.2, -0.15) is 0 Å². The van der Waals surface area contributed by atoms with Gasteiger partial charge in [0, 0.05) is 16.7 Å². The minimum Gasteiger partial charge on any atom is -0.496 e. The van der Waals surface area contributed by atoms with Crippen LogP contribution in [0.2, 0.25) is 0 Å². The second-order valence-corrected chi connectivity index (χ2v) is 10.9. The number of benzene rings is 3. The molecule has 0 fully saturated rings. The van der Waals surface area contributed by atoms with E-state index < -0.39 is 0 Å². The number of fused-ring (bicyclic) bond motifs is 2. The highest BCUT2D eigenvalue weighted by Gasteiger charge is 2.38. The molecule has 3 aromatic carbocycles. The molecule has 3 aromatic rings. The van der Waals surface area contributed by atoms with Crippen molar-refractivity contribution in [3.63, 3.8) is 0 Å². The molecule has 182 valence electrons. The standard InChI is InChI=1S/C32H36O3/c1-31(2)20-18-26-28(33-5)27-19-21-32(3,4)35-30(27)25(29(26)34-31)17-16-24(22-12-8-6-9-13-22)23-14-10-7-11-15-23/h6-16H,17-21H2,1-5H3. The number of rotatable bonds is 5. The summed E-state index contributed by atoms with van der Waals surface area (Å²) in [6.45, 7) is 8.69. The van der Waals surface area contributed by atoms with Crippen molar-refractivity contribution in [2.45, 2.75) is 71.0 Å². The van der Waals surface area contributed by atoms with Crippen molar-refractivity contribution >= 4 is 5.57 Å². The Bertz CT molecular complexity index is 1150. The first-order valence-corrected chi connectivity index (χ1v) is 12.7. The monoisotopic (exact) mass is 468 g/mol. The van der Waals surface area contributed by atoms with Crippen molar-refractivity contribution in [1.29, 1.82) is 0 Å². The van der Waals surface area contributed by atoms with E-state index in [1.807, 2.05) is 0 Å². The molecule has 0 amide bonds. The second-order valence-electron chi connectivity index (χ2n) is 10.9. The maximum atomic E-state index is 6.68. The Morgan fingerprint density at radius 1 is 0.771 bits per heavy atom. The number of allylic oxidation sites excluding steroid dienone is 1. The number of hydrogen-bond donors (Lipinski definition) is 0. The van der Waals surface area contributed by atoms with Crippen LogP contribution in [0.1, 0.15) is 68.4 Å². The van der Waals surface area contributed by atoms with E-state index in [0.29, 0.717) is 0 Å². The van der Waals surface area contributed by atoms with Gasteiger partial charge in [0.2, 0.25) is 0 Å². The highest BCUT2D eigenvalue weighted by atomic mass is 16.5. The molecule has 2 heterocycles. The summed E-state index contributed by atoms with van der Waals surface area (Å²) in [6.07, 6.45) is 6.89. The molecule has 0 saturated carbocycles. The van der Waals surface area contributed by atoms with E-state index in [1.165, 1.54) is 27.8 Å². The summed E-state index contributed by atoms with van der Waals surface area (Å²) in [5.74, 6) is 2.86. The van der Waals surface area contributed by atoms with E-state index in [9.17, 15) is 0 Å². The molecule has 2 aliphatic rings. The van der Waals surface area contributed by atoms with Gasteiger partial charge < -0.3 is 14.2 Å². The molecule has 0 N–H and O–H groups in total. The van der Waals surface area contributed by atoms with Crippen molar-refractivity contribution in [2.24, 2.45) is 0 Å². The van der Waals surface area contributed by atoms with Crippen LogP contribution < -0.4 is 14.2 Å². The Kier molecular flexibility index (Phi) is 6.13. The van der Waals surface area contributed by atoms with Crippen molar-refractivity contribution in [3.8, 4) is 17.2 Å². The van der Waals surface area contributed by atoms with E-state index in [1.54, 1.807) is 7.11 Å². The van der Waals surface area contributed by atoms with E-state index in [0.717, 1.165) is 54.9 Å². The Hall–Kier alpha value is -3.20. The van der Waals surface area contributed by atoms with E-state index in [2.05, 4.69) is 94.4 Å². The van der Waals surface area contributed by atoms with Crippen LogP contribution in [0, 0.1) is 0 Å². The second kappa shape index (κ2) is 9.11. The van der Waals surface area contributed by atoms with Gasteiger partial charge in [-0.05, 0) is 76.5 Å². The molecule has 0 saturated heterocycles. The first-order valence-electron chi connectivity index (χ1n) is 12.7. The van der Waals surface area contributed by atoms with E-state index in [4.69, 9.17) is 14.2 Å². The molecule has 0 radical (unpaired) electrons. The molecular formula is C32H36O3. The molecule has 3 nitrogen and oxygen atoms in total. The van der Waals surface area contributed by atoms with E-state index in [-0.39, 0.29) is 11.2 Å². The third-order valence-electron chi connectivity index (χ3n) is 7.24. The summed E-state index contributed by atoms with van der Waals surface area (Å²) in [5.41, 5.74) is 6.70. The van der Waals surface area contributed by atoms with Crippen LogP contribution in [0.25, 0.3) is 5.57 Å². The lowest BCUT2D eigenvalue weighted by molar-refractivity contribution is 0.0694. The predicted octanol–water partition coefficient (Wildman–Crippen LogP) is 7.58. The maximum Gasteiger partial charge on any atom is 0.134 e. The normalized spacial score (nSPS) is 17.3. The van der Waals surface area contributed by atoms with Gasteiger partial charge in [0.25, 0.3) is 0 Å². The molecule has 0 aliphatic carbocycles. The lowest BCUT2D eigenvalue weighted by atomic mass is 9.84. The molecule has 2 aliphatic heterocycles. The Balaban J connectivity index is 1.69. The van der Waals surface area contributed by atoms with Crippen LogP contribution in [-0.2, 0) is 19.3 Å². The fraction of sp³-hybridized carbons (Fsp3) is 0.375. The lowest BCUT2D eigenvalue weighted by Gasteiger charge is -2.40. The zero-order valence-electron chi connectivity index (χ0n) is 21.6. The summed E-state index contributed by atoms with van der Waals surface area (Å²) in [7, 11) is 1.78. The fourth-order valence-corrected chi connectivity index (χ4v) is 5.34. The predicted molar refractivity (Wildman–Crippen MR) is 143 cm³/mol. The smallest absolute Gasteiger partial charge is 0.134 e. The summed E-state index contributed by atoms with van der Waals surface area (Å²) in [4.78, 5) is 0. The van der Waals surface area contributed by atoms with Gasteiger partial charge in [0.1, 0.15) is 28.5 Å². The summed E-state index contributed by atoms with van der Waals surface area (Å²) < 4.78 is 19.4. The van der Waals surface area contributed by atoms with Crippen LogP contribution in [0.3, 0.4) is 0 Å². The van der Waals surface area contributed by atoms with Crippen LogP contribution in [0.15, 0.2) is 66.7 Å². The van der Waals surface area contributed by atoms with Gasteiger partial charge in [-0.3, -0.25) is 0 Å². The first-order chi connectivity index (χ1) is 16.8. The molecule has 0 aromatic heterocycles. The third-order valence-corrected chi connectivity index (χ3v) is 7.24. The fourth-order valence-electron chi connectivity index (χ4n) is 5.34. The summed E-state index contributed by atoms with van der Waals surface area (Å²) >= 11 is 0. The molecule has 5 rings (SSSR count). The Morgan fingerprint density at radius 2 is 1.23 bits per heavy atom. The SMILES string of the molecule is COc1c2c(c(CC=C(c3ccccc3)c3ccccc3)c3c1CCC(C)(C)O3)OC(C)(C)CC2. The molecular weight excluding hydrogens is 432 g/mol. The van der Waals surface area contributed by atoms with Crippen LogP contribution in [0.5, 0.6) is 17.2 Å². The third kappa shape index (κ3) is 4.69. The largest absolute Gasteiger partial charge is 0.496 e. The topological polar surface area (TPSA) is 27.7 Å². The number of hydrogen-bond acceptors (Lipinski definition) is 3. The maximum absolute atomic E-state index is 6.68. The highest BCUT2D eigenvalue weighted by Crippen LogP contribution is 2.52. The van der Waals surface area contributed by atoms with Gasteiger partial charge in [-0.25, -0.2) is 0 Å². The van der Waals surface area contributed by atoms with E-state index >= 15 is 0 Å². The molecule has 3 heteroatoms. The molecule has 35 heavy (non-hydrogen) atoms. The average Bonchev–Trinajstić information content (AvgIpc) is 2.84. The van der Waals surface area contributed by atoms with Gasteiger partial charge >= 0.3 is 0 Å². The van der Waals surface area contributed by atoms with Crippen molar-refractivity contribution in [3.05, 3.63) is 94.6 Å². The van der Waals surface area contributed by atoms with Crippen molar-refractivity contribution < 1.29 is 14.2 Å². The number of ether oxygens (including phenoxy) is 3.